The summed E-state index contributed by atoms with van der Waals surface area (Å²) in [7, 11) is 0. The molecule has 3 nitrogen and oxygen atoms in total. The van der Waals surface area contributed by atoms with Gasteiger partial charge in [-0.15, -0.1) is 0 Å². The van der Waals surface area contributed by atoms with Crippen molar-refractivity contribution >= 4 is 21.4 Å². The minimum Gasteiger partial charge on any atom is -0.302 e. The van der Waals surface area contributed by atoms with Gasteiger partial charge in [0.1, 0.15) is 16.4 Å². The van der Waals surface area contributed by atoms with E-state index in [4.69, 9.17) is 0 Å². The van der Waals surface area contributed by atoms with Crippen LogP contribution in [0.2, 0.25) is 0 Å². The van der Waals surface area contributed by atoms with E-state index < -0.39 is 0 Å². The van der Waals surface area contributed by atoms with Gasteiger partial charge in [0.25, 0.3) is 0 Å². The summed E-state index contributed by atoms with van der Waals surface area (Å²) in [4.78, 5) is 8.25. The Morgan fingerprint density at radius 3 is 3.00 bits per heavy atom. The number of aromatic nitrogens is 3. The van der Waals surface area contributed by atoms with E-state index in [1.165, 1.54) is 0 Å². The van der Waals surface area contributed by atoms with Crippen molar-refractivity contribution in [2.24, 2.45) is 0 Å². The quantitative estimate of drug-likeness (QED) is 0.666. The van der Waals surface area contributed by atoms with Gasteiger partial charge in [0.15, 0.2) is 0 Å². The second-order valence-electron chi connectivity index (χ2n) is 2.30. The topological polar surface area (TPSA) is 30.2 Å². The first-order valence-corrected chi connectivity index (χ1v) is 4.02. The summed E-state index contributed by atoms with van der Waals surface area (Å²) in [6, 6.07) is 0. The molecule has 0 aliphatic carbocycles. The first-order valence-electron chi connectivity index (χ1n) is 3.23. The Bertz CT molecular complexity index is 393. The molecule has 4 heteroatoms. The second-order valence-corrected chi connectivity index (χ2v) is 3.06. The number of imidazole rings is 1. The first-order chi connectivity index (χ1) is 5.29. The molecule has 0 aromatic carbocycles. The lowest BCUT2D eigenvalue weighted by Gasteiger charge is -1.95. The van der Waals surface area contributed by atoms with Crippen molar-refractivity contribution in [1.82, 2.24) is 14.4 Å². The molecule has 11 heavy (non-hydrogen) atoms. The zero-order valence-electron chi connectivity index (χ0n) is 5.95. The largest absolute Gasteiger partial charge is 0.302 e. The molecule has 0 N–H and O–H groups in total. The van der Waals surface area contributed by atoms with Gasteiger partial charge in [-0.3, -0.25) is 4.98 Å². The van der Waals surface area contributed by atoms with Crippen molar-refractivity contribution in [2.45, 2.75) is 6.92 Å². The van der Waals surface area contributed by atoms with Gasteiger partial charge in [0, 0.05) is 12.4 Å². The van der Waals surface area contributed by atoms with Crippen LogP contribution < -0.4 is 0 Å². The van der Waals surface area contributed by atoms with Crippen LogP contribution in [0.1, 0.15) is 5.69 Å². The summed E-state index contributed by atoms with van der Waals surface area (Å²) < 4.78 is 2.79. The fourth-order valence-electron chi connectivity index (χ4n) is 1.07. The van der Waals surface area contributed by atoms with Gasteiger partial charge >= 0.3 is 0 Å². The summed E-state index contributed by atoms with van der Waals surface area (Å²) in [5.41, 5.74) is 2.02. The van der Waals surface area contributed by atoms with E-state index in [9.17, 15) is 0 Å². The lowest BCUT2D eigenvalue weighted by Crippen LogP contribution is -1.87. The van der Waals surface area contributed by atoms with Gasteiger partial charge in [-0.1, -0.05) is 0 Å². The molecule has 0 amide bonds. The maximum absolute atomic E-state index is 4.15. The predicted molar refractivity (Wildman–Crippen MR) is 45.4 cm³/mol. The highest BCUT2D eigenvalue weighted by Gasteiger charge is 2.02. The fourth-order valence-corrected chi connectivity index (χ4v) is 1.65. The average Bonchev–Trinajstić information content (AvgIpc) is 2.34. The zero-order valence-corrected chi connectivity index (χ0v) is 7.54. The monoisotopic (exact) mass is 211 g/mol. The predicted octanol–water partition coefficient (Wildman–Crippen LogP) is 1.80. The minimum absolute atomic E-state index is 0.850. The number of halogens is 1. The molecule has 0 bridgehead atoms. The van der Waals surface area contributed by atoms with Gasteiger partial charge in [-0.2, -0.15) is 0 Å². The van der Waals surface area contributed by atoms with Crippen molar-refractivity contribution in [3.63, 3.8) is 0 Å². The molecule has 0 radical (unpaired) electrons. The van der Waals surface area contributed by atoms with Crippen molar-refractivity contribution in [2.75, 3.05) is 0 Å². The van der Waals surface area contributed by atoms with Crippen LogP contribution in [-0.4, -0.2) is 14.4 Å². The van der Waals surface area contributed by atoms with E-state index >= 15 is 0 Å². The van der Waals surface area contributed by atoms with Gasteiger partial charge < -0.3 is 4.40 Å². The lowest BCUT2D eigenvalue weighted by atomic mass is 10.4. The van der Waals surface area contributed by atoms with Gasteiger partial charge in [0.05, 0.1) is 5.69 Å². The molecule has 2 rings (SSSR count). The SMILES string of the molecule is Cc1nccn2cnc(Br)c12. The molecule has 0 saturated heterocycles. The molecule has 2 aromatic rings. The third-order valence-corrected chi connectivity index (χ3v) is 2.17. The summed E-state index contributed by atoms with van der Waals surface area (Å²) in [5, 5.41) is 0. The normalized spacial score (nSPS) is 10.7. The lowest BCUT2D eigenvalue weighted by molar-refractivity contribution is 1.08. The fraction of sp³-hybridized carbons (Fsp3) is 0.143. The van der Waals surface area contributed by atoms with E-state index in [0.717, 1.165) is 15.8 Å². The Kier molecular flexibility index (Phi) is 1.42. The Morgan fingerprint density at radius 1 is 1.45 bits per heavy atom. The van der Waals surface area contributed by atoms with E-state index in [-0.39, 0.29) is 0 Å². The van der Waals surface area contributed by atoms with Crippen LogP contribution in [0, 0.1) is 6.92 Å². The molecular weight excluding hydrogens is 206 g/mol. The standard InChI is InChI=1S/C7H6BrN3/c1-5-6-7(8)10-4-11(6)3-2-9-5/h2-4H,1H3. The minimum atomic E-state index is 0.850. The van der Waals surface area contributed by atoms with Crippen molar-refractivity contribution in [3.05, 3.63) is 29.0 Å². The van der Waals surface area contributed by atoms with Crippen LogP contribution in [0.4, 0.5) is 0 Å². The average molecular weight is 212 g/mol. The summed E-state index contributed by atoms with van der Waals surface area (Å²) in [6.45, 7) is 1.96. The molecule has 2 aromatic heterocycles. The van der Waals surface area contributed by atoms with Crippen molar-refractivity contribution < 1.29 is 0 Å². The third-order valence-electron chi connectivity index (χ3n) is 1.59. The number of fused-ring (bicyclic) bond motifs is 1. The number of aryl methyl sites for hydroxylation is 1. The van der Waals surface area contributed by atoms with Gasteiger partial charge in [0.2, 0.25) is 0 Å². The molecule has 0 saturated carbocycles. The molecule has 0 unspecified atom stereocenters. The van der Waals surface area contributed by atoms with Gasteiger partial charge in [-0.05, 0) is 22.9 Å². The van der Waals surface area contributed by atoms with E-state index in [0.29, 0.717) is 0 Å². The van der Waals surface area contributed by atoms with Crippen LogP contribution in [0.5, 0.6) is 0 Å². The molecule has 0 aliphatic rings. The number of nitrogens with zero attached hydrogens (tertiary/aromatic N) is 3. The maximum Gasteiger partial charge on any atom is 0.133 e. The smallest absolute Gasteiger partial charge is 0.133 e. The Morgan fingerprint density at radius 2 is 2.27 bits per heavy atom. The zero-order chi connectivity index (χ0) is 7.84. The highest BCUT2D eigenvalue weighted by atomic mass is 79.9. The van der Waals surface area contributed by atoms with Crippen LogP contribution >= 0.6 is 15.9 Å². The van der Waals surface area contributed by atoms with Crippen molar-refractivity contribution in [1.29, 1.82) is 0 Å². The summed E-state index contributed by atoms with van der Waals surface area (Å²) in [6.07, 6.45) is 5.39. The molecule has 0 fully saturated rings. The Hall–Kier alpha value is -0.900. The maximum atomic E-state index is 4.15. The summed E-state index contributed by atoms with van der Waals surface area (Å²) >= 11 is 3.35. The molecule has 0 atom stereocenters. The highest BCUT2D eigenvalue weighted by Crippen LogP contribution is 2.17. The van der Waals surface area contributed by atoms with Crippen LogP contribution in [-0.2, 0) is 0 Å². The van der Waals surface area contributed by atoms with Crippen molar-refractivity contribution in [3.8, 4) is 0 Å². The number of hydrogen-bond acceptors (Lipinski definition) is 2. The molecule has 0 aliphatic heterocycles. The Balaban J connectivity index is 2.96. The second kappa shape index (κ2) is 2.30. The molecular formula is C7H6BrN3. The molecule has 0 spiro atoms. The van der Waals surface area contributed by atoms with E-state index in [2.05, 4.69) is 25.9 Å². The van der Waals surface area contributed by atoms with Crippen LogP contribution in [0.3, 0.4) is 0 Å². The van der Waals surface area contributed by atoms with Crippen LogP contribution in [0.25, 0.3) is 5.52 Å². The third kappa shape index (κ3) is 0.939. The van der Waals surface area contributed by atoms with Gasteiger partial charge in [-0.25, -0.2) is 4.98 Å². The number of hydrogen-bond donors (Lipinski definition) is 0. The summed E-state index contributed by atoms with van der Waals surface area (Å²) in [5.74, 6) is 0. The van der Waals surface area contributed by atoms with E-state index in [1.807, 2.05) is 17.5 Å². The first kappa shape index (κ1) is 6.79. The van der Waals surface area contributed by atoms with E-state index in [1.54, 1.807) is 12.5 Å². The Labute approximate surface area is 72.2 Å². The molecule has 2 heterocycles. The highest BCUT2D eigenvalue weighted by molar-refractivity contribution is 9.10. The number of rotatable bonds is 0. The van der Waals surface area contributed by atoms with Crippen LogP contribution in [0.15, 0.2) is 23.3 Å². The molecule has 56 valence electrons.